The van der Waals surface area contributed by atoms with E-state index in [2.05, 4.69) is 36.1 Å². The molecule has 3 rings (SSSR count). The van der Waals surface area contributed by atoms with Crippen molar-refractivity contribution in [3.8, 4) is 17.6 Å². The van der Waals surface area contributed by atoms with Crippen LogP contribution in [0.1, 0.15) is 62.5 Å². The molecule has 4 unspecified atom stereocenters. The number of rotatable bonds is 8. The molecule has 1 aromatic rings. The lowest BCUT2D eigenvalue weighted by molar-refractivity contribution is -0.140. The maximum Gasteiger partial charge on any atom is 0.305 e. The standard InChI is InChI=1S/C24H30O4/c1-3-4-5-10-19(25)15-13-17-14-16-21-23(17)20-11-6-8-18(24(20)28-21)9-7-12-22(26)27-2/h6,8,11,13,15,17,19,21,23,25H,5,7,9-10,12,14,16H2,1-2H3/b15-13+. The molecule has 1 aliphatic carbocycles. The molecule has 4 nitrogen and oxygen atoms in total. The van der Waals surface area contributed by atoms with E-state index in [0.717, 1.165) is 37.9 Å². The van der Waals surface area contributed by atoms with E-state index in [1.807, 2.05) is 13.0 Å². The van der Waals surface area contributed by atoms with Gasteiger partial charge in [0, 0.05) is 24.3 Å². The summed E-state index contributed by atoms with van der Waals surface area (Å²) in [7, 11) is 1.43. The van der Waals surface area contributed by atoms with Crippen molar-refractivity contribution in [2.45, 2.75) is 70.0 Å². The minimum Gasteiger partial charge on any atom is -0.489 e. The second kappa shape index (κ2) is 9.80. The van der Waals surface area contributed by atoms with Crippen molar-refractivity contribution in [3.63, 3.8) is 0 Å². The number of esters is 1. The average Bonchev–Trinajstić information content (AvgIpc) is 3.26. The van der Waals surface area contributed by atoms with Gasteiger partial charge in [-0.3, -0.25) is 4.79 Å². The average molecular weight is 383 g/mol. The van der Waals surface area contributed by atoms with E-state index in [0.29, 0.717) is 24.7 Å². The van der Waals surface area contributed by atoms with Crippen molar-refractivity contribution in [2.24, 2.45) is 5.92 Å². The summed E-state index contributed by atoms with van der Waals surface area (Å²) < 4.78 is 11.1. The lowest BCUT2D eigenvalue weighted by Gasteiger charge is -2.15. The number of aliphatic hydroxyl groups is 1. The lowest BCUT2D eigenvalue weighted by atomic mass is 9.87. The molecule has 1 fully saturated rings. The predicted molar refractivity (Wildman–Crippen MR) is 109 cm³/mol. The first kappa shape index (κ1) is 20.5. The molecule has 4 heteroatoms. The number of ether oxygens (including phenoxy) is 2. The van der Waals surface area contributed by atoms with E-state index in [1.165, 1.54) is 18.2 Å². The molecule has 0 spiro atoms. The summed E-state index contributed by atoms with van der Waals surface area (Å²) in [5, 5.41) is 10.2. The Morgan fingerprint density at radius 1 is 1.43 bits per heavy atom. The van der Waals surface area contributed by atoms with Gasteiger partial charge in [0.2, 0.25) is 0 Å². The van der Waals surface area contributed by atoms with Crippen molar-refractivity contribution in [1.82, 2.24) is 0 Å². The summed E-state index contributed by atoms with van der Waals surface area (Å²) in [6, 6.07) is 6.36. The van der Waals surface area contributed by atoms with Crippen LogP contribution in [0.15, 0.2) is 30.4 Å². The van der Waals surface area contributed by atoms with E-state index < -0.39 is 6.10 Å². The topological polar surface area (TPSA) is 55.8 Å². The van der Waals surface area contributed by atoms with Crippen molar-refractivity contribution < 1.29 is 19.4 Å². The van der Waals surface area contributed by atoms with Crippen molar-refractivity contribution in [3.05, 3.63) is 41.5 Å². The maximum absolute atomic E-state index is 11.4. The number of benzene rings is 1. The molecule has 150 valence electrons. The Morgan fingerprint density at radius 2 is 2.29 bits per heavy atom. The summed E-state index contributed by atoms with van der Waals surface area (Å²) in [5.74, 6) is 7.45. The zero-order valence-electron chi connectivity index (χ0n) is 16.8. The molecule has 28 heavy (non-hydrogen) atoms. The highest BCUT2D eigenvalue weighted by molar-refractivity contribution is 5.69. The molecular weight excluding hydrogens is 352 g/mol. The molecule has 0 bridgehead atoms. The maximum atomic E-state index is 11.4. The zero-order valence-corrected chi connectivity index (χ0v) is 16.8. The highest BCUT2D eigenvalue weighted by Gasteiger charge is 2.44. The van der Waals surface area contributed by atoms with E-state index >= 15 is 0 Å². The van der Waals surface area contributed by atoms with Gasteiger partial charge in [0.25, 0.3) is 0 Å². The zero-order chi connectivity index (χ0) is 19.9. The van der Waals surface area contributed by atoms with Gasteiger partial charge >= 0.3 is 5.97 Å². The summed E-state index contributed by atoms with van der Waals surface area (Å²) in [6.45, 7) is 1.82. The summed E-state index contributed by atoms with van der Waals surface area (Å²) in [5.41, 5.74) is 2.45. The highest BCUT2D eigenvalue weighted by atomic mass is 16.5. The van der Waals surface area contributed by atoms with Gasteiger partial charge in [0.15, 0.2) is 0 Å². The highest BCUT2D eigenvalue weighted by Crippen LogP contribution is 2.51. The van der Waals surface area contributed by atoms with E-state index in [9.17, 15) is 9.90 Å². The van der Waals surface area contributed by atoms with Crippen LogP contribution in [0.5, 0.6) is 5.75 Å². The molecule has 0 radical (unpaired) electrons. The van der Waals surface area contributed by atoms with Crippen LogP contribution in [0.2, 0.25) is 0 Å². The SMILES string of the molecule is CC#CCCC(O)/C=C/C1CCC2Oc3c(CCCC(=O)OC)cccc3C12. The van der Waals surface area contributed by atoms with Gasteiger partial charge < -0.3 is 14.6 Å². The van der Waals surface area contributed by atoms with Crippen molar-refractivity contribution in [1.29, 1.82) is 0 Å². The number of hydrogen-bond acceptors (Lipinski definition) is 4. The Hall–Kier alpha value is -2.25. The number of allylic oxidation sites excluding steroid dienone is 1. The predicted octanol–water partition coefficient (Wildman–Crippen LogP) is 4.16. The third-order valence-corrected chi connectivity index (χ3v) is 5.78. The number of hydrogen-bond donors (Lipinski definition) is 1. The van der Waals surface area contributed by atoms with Gasteiger partial charge in [0.05, 0.1) is 13.2 Å². The minimum atomic E-state index is -0.439. The molecule has 0 amide bonds. The Balaban J connectivity index is 1.66. The largest absolute Gasteiger partial charge is 0.489 e. The Kier molecular flexibility index (Phi) is 7.17. The number of aryl methyl sites for hydroxylation is 1. The van der Waals surface area contributed by atoms with E-state index in [4.69, 9.17) is 9.47 Å². The molecule has 1 N–H and O–H groups in total. The summed E-state index contributed by atoms with van der Waals surface area (Å²) in [6.07, 6.45) is 9.41. The van der Waals surface area contributed by atoms with Gasteiger partial charge in [-0.05, 0) is 50.5 Å². The summed E-state index contributed by atoms with van der Waals surface area (Å²) >= 11 is 0. The number of fused-ring (bicyclic) bond motifs is 3. The molecule has 1 aliphatic heterocycles. The third-order valence-electron chi connectivity index (χ3n) is 5.78. The Labute approximate surface area is 167 Å². The van der Waals surface area contributed by atoms with Gasteiger partial charge in [-0.25, -0.2) is 0 Å². The van der Waals surface area contributed by atoms with Crippen LogP contribution < -0.4 is 4.74 Å². The molecule has 0 aromatic heterocycles. The quantitative estimate of drug-likeness (QED) is 0.417. The number of carbonyl (C=O) groups excluding carboxylic acids is 1. The fourth-order valence-electron chi connectivity index (χ4n) is 4.37. The second-order valence-corrected chi connectivity index (χ2v) is 7.61. The number of para-hydroxylation sites is 1. The van der Waals surface area contributed by atoms with Crippen LogP contribution in [0.25, 0.3) is 0 Å². The van der Waals surface area contributed by atoms with Crippen LogP contribution in [-0.2, 0) is 16.0 Å². The van der Waals surface area contributed by atoms with Crippen LogP contribution in [0.3, 0.4) is 0 Å². The first-order chi connectivity index (χ1) is 13.6. The van der Waals surface area contributed by atoms with Gasteiger partial charge in [-0.2, -0.15) is 0 Å². The van der Waals surface area contributed by atoms with Crippen molar-refractivity contribution in [2.75, 3.05) is 7.11 Å². The fourth-order valence-corrected chi connectivity index (χ4v) is 4.37. The molecule has 1 aromatic carbocycles. The molecule has 1 heterocycles. The monoisotopic (exact) mass is 382 g/mol. The van der Waals surface area contributed by atoms with Crippen LogP contribution >= 0.6 is 0 Å². The van der Waals surface area contributed by atoms with Gasteiger partial charge in [-0.1, -0.05) is 30.4 Å². The normalized spacial score (nSPS) is 23.5. The first-order valence-corrected chi connectivity index (χ1v) is 10.2. The van der Waals surface area contributed by atoms with Crippen molar-refractivity contribution >= 4 is 5.97 Å². The molecule has 0 saturated heterocycles. The van der Waals surface area contributed by atoms with Gasteiger partial charge in [-0.15, -0.1) is 11.8 Å². The number of methoxy groups -OCH3 is 1. The first-order valence-electron chi connectivity index (χ1n) is 10.2. The van der Waals surface area contributed by atoms with Crippen LogP contribution in [0.4, 0.5) is 0 Å². The smallest absolute Gasteiger partial charge is 0.305 e. The molecular formula is C24H30O4. The molecule has 1 saturated carbocycles. The number of aliphatic hydroxyl groups excluding tert-OH is 1. The van der Waals surface area contributed by atoms with Crippen LogP contribution in [-0.4, -0.2) is 30.4 Å². The van der Waals surface area contributed by atoms with E-state index in [1.54, 1.807) is 0 Å². The number of carbonyl (C=O) groups is 1. The van der Waals surface area contributed by atoms with E-state index in [-0.39, 0.29) is 12.1 Å². The molecule has 4 atom stereocenters. The van der Waals surface area contributed by atoms with Gasteiger partial charge in [0.1, 0.15) is 11.9 Å². The fraction of sp³-hybridized carbons (Fsp3) is 0.542. The second-order valence-electron chi connectivity index (χ2n) is 7.61. The minimum absolute atomic E-state index is 0.168. The Morgan fingerprint density at radius 3 is 3.07 bits per heavy atom. The molecule has 2 aliphatic rings. The summed E-state index contributed by atoms with van der Waals surface area (Å²) in [4.78, 5) is 11.4. The third kappa shape index (κ3) is 4.77. The Bertz CT molecular complexity index is 771. The lowest BCUT2D eigenvalue weighted by Crippen LogP contribution is -2.15. The van der Waals surface area contributed by atoms with Crippen LogP contribution in [0, 0.1) is 17.8 Å².